The van der Waals surface area contributed by atoms with Crippen molar-refractivity contribution in [1.82, 2.24) is 15.3 Å². The lowest BCUT2D eigenvalue weighted by Gasteiger charge is -2.09. The molecule has 0 aliphatic rings. The minimum absolute atomic E-state index is 0.0753. The lowest BCUT2D eigenvalue weighted by molar-refractivity contribution is 0.0946. The quantitative estimate of drug-likeness (QED) is 0.738. The highest BCUT2D eigenvalue weighted by Crippen LogP contribution is 2.05. The number of carbonyl (C=O) groups excluding carboxylic acids is 1. The molecule has 0 aromatic carbocycles. The zero-order chi connectivity index (χ0) is 14.8. The fraction of sp³-hybridized carbons (Fsp3) is 0.400. The molecule has 1 rings (SSSR count). The van der Waals surface area contributed by atoms with E-state index in [-0.39, 0.29) is 17.8 Å². The molecule has 1 N–H and O–H groups in total. The van der Waals surface area contributed by atoms with E-state index in [2.05, 4.69) is 27.9 Å². The Bertz CT molecular complexity index is 457. The third kappa shape index (κ3) is 5.75. The second-order valence-corrected chi connectivity index (χ2v) is 4.39. The normalized spacial score (nSPS) is 12.8. The molecule has 0 saturated heterocycles. The van der Waals surface area contributed by atoms with Crippen LogP contribution in [0.15, 0.2) is 42.8 Å². The van der Waals surface area contributed by atoms with Gasteiger partial charge in [-0.3, -0.25) is 4.79 Å². The molecule has 5 heteroatoms. The minimum Gasteiger partial charge on any atom is -0.377 e. The number of hydrogen-bond donors (Lipinski definition) is 1. The molecular weight excluding hydrogens is 254 g/mol. The molecule has 0 aliphatic heterocycles. The van der Waals surface area contributed by atoms with Crippen molar-refractivity contribution in [2.24, 2.45) is 0 Å². The van der Waals surface area contributed by atoms with Crippen LogP contribution in [-0.4, -0.2) is 35.6 Å². The highest BCUT2D eigenvalue weighted by molar-refractivity contribution is 5.90. The Labute approximate surface area is 119 Å². The van der Waals surface area contributed by atoms with Gasteiger partial charge in [0.25, 0.3) is 5.91 Å². The Morgan fingerprint density at radius 3 is 2.80 bits per heavy atom. The number of nitrogens with zero attached hydrogens (tertiary/aromatic N) is 2. The average molecular weight is 275 g/mol. The number of hydrogen-bond acceptors (Lipinski definition) is 4. The number of amides is 1. The van der Waals surface area contributed by atoms with E-state index in [9.17, 15) is 4.79 Å². The van der Waals surface area contributed by atoms with Crippen molar-refractivity contribution < 1.29 is 9.53 Å². The molecule has 0 aliphatic carbocycles. The van der Waals surface area contributed by atoms with Crippen LogP contribution in [-0.2, 0) is 4.74 Å². The van der Waals surface area contributed by atoms with Crippen molar-refractivity contribution in [2.45, 2.75) is 25.9 Å². The Morgan fingerprint density at radius 1 is 1.50 bits per heavy atom. The van der Waals surface area contributed by atoms with E-state index < -0.39 is 0 Å². The maximum Gasteiger partial charge on any atom is 0.289 e. The van der Waals surface area contributed by atoms with E-state index in [1.165, 1.54) is 0 Å². The van der Waals surface area contributed by atoms with Crippen LogP contribution >= 0.6 is 0 Å². The van der Waals surface area contributed by atoms with Gasteiger partial charge in [0.1, 0.15) is 0 Å². The van der Waals surface area contributed by atoms with Crippen LogP contribution < -0.4 is 5.32 Å². The summed E-state index contributed by atoms with van der Waals surface area (Å²) >= 11 is 0. The maximum atomic E-state index is 11.7. The molecule has 0 bridgehead atoms. The summed E-state index contributed by atoms with van der Waals surface area (Å²) < 4.78 is 5.20. The van der Waals surface area contributed by atoms with E-state index in [1.54, 1.807) is 31.6 Å². The predicted octanol–water partition coefficient (Wildman–Crippen LogP) is 2.13. The molecule has 0 fully saturated rings. The van der Waals surface area contributed by atoms with E-state index in [1.807, 2.05) is 6.92 Å². The molecule has 1 atom stereocenters. The molecule has 0 saturated carbocycles. The summed E-state index contributed by atoms with van der Waals surface area (Å²) in [5.74, 6) is -0.0781. The van der Waals surface area contributed by atoms with Crippen LogP contribution in [0.25, 0.3) is 0 Å². The second kappa shape index (κ2) is 8.98. The van der Waals surface area contributed by atoms with Gasteiger partial charge < -0.3 is 10.1 Å². The van der Waals surface area contributed by atoms with Crippen molar-refractivity contribution in [3.63, 3.8) is 0 Å². The number of carbonyl (C=O) groups is 1. The van der Waals surface area contributed by atoms with E-state index in [0.29, 0.717) is 6.54 Å². The van der Waals surface area contributed by atoms with Gasteiger partial charge in [-0.1, -0.05) is 17.7 Å². The first-order valence-electron chi connectivity index (χ1n) is 6.53. The summed E-state index contributed by atoms with van der Waals surface area (Å²) in [7, 11) is 1.67. The Kier molecular flexibility index (Phi) is 7.21. The van der Waals surface area contributed by atoms with Gasteiger partial charge in [0, 0.05) is 26.0 Å². The molecule has 0 radical (unpaired) electrons. The lowest BCUT2D eigenvalue weighted by atomic mass is 10.1. The van der Waals surface area contributed by atoms with Crippen molar-refractivity contribution in [1.29, 1.82) is 0 Å². The van der Waals surface area contributed by atoms with Gasteiger partial charge in [0.05, 0.1) is 6.10 Å². The largest absolute Gasteiger partial charge is 0.377 e. The van der Waals surface area contributed by atoms with Gasteiger partial charge in [0.2, 0.25) is 5.82 Å². The molecule has 5 nitrogen and oxygen atoms in total. The molecule has 1 aromatic heterocycles. The molecule has 1 aromatic rings. The SMILES string of the molecule is C=CC(CC/C=C(/C)CNC(=O)c1ncccn1)OC. The first-order valence-corrected chi connectivity index (χ1v) is 6.53. The minimum atomic E-state index is -0.265. The number of nitrogens with one attached hydrogen (secondary N) is 1. The molecule has 1 heterocycles. The van der Waals surface area contributed by atoms with Crippen LogP contribution in [0.3, 0.4) is 0 Å². The van der Waals surface area contributed by atoms with Crippen LogP contribution in [0.1, 0.15) is 30.4 Å². The van der Waals surface area contributed by atoms with Crippen molar-refractivity contribution >= 4 is 5.91 Å². The fourth-order valence-electron chi connectivity index (χ4n) is 1.61. The van der Waals surface area contributed by atoms with Gasteiger partial charge in [-0.15, -0.1) is 6.58 Å². The number of allylic oxidation sites excluding steroid dienone is 1. The summed E-state index contributed by atoms with van der Waals surface area (Å²) in [5.41, 5.74) is 1.09. The number of rotatable bonds is 8. The standard InChI is InChI=1S/C15H21N3O2/c1-4-13(20-3)8-5-7-12(2)11-18-15(19)14-16-9-6-10-17-14/h4,6-7,9-10,13H,1,5,8,11H2,2-3H3,(H,18,19)/b12-7-. The van der Waals surface area contributed by atoms with E-state index >= 15 is 0 Å². The monoisotopic (exact) mass is 275 g/mol. The number of methoxy groups -OCH3 is 1. The molecule has 1 unspecified atom stereocenters. The highest BCUT2D eigenvalue weighted by Gasteiger charge is 2.06. The van der Waals surface area contributed by atoms with Gasteiger partial charge in [-0.05, 0) is 25.8 Å². The summed E-state index contributed by atoms with van der Waals surface area (Å²) in [6, 6.07) is 1.67. The predicted molar refractivity (Wildman–Crippen MR) is 78.4 cm³/mol. The average Bonchev–Trinajstić information content (AvgIpc) is 2.50. The molecule has 0 spiro atoms. The van der Waals surface area contributed by atoms with Crippen LogP contribution in [0.2, 0.25) is 0 Å². The number of ether oxygens (including phenoxy) is 1. The topological polar surface area (TPSA) is 64.1 Å². The van der Waals surface area contributed by atoms with Gasteiger partial charge in [-0.2, -0.15) is 0 Å². The number of aromatic nitrogens is 2. The zero-order valence-corrected chi connectivity index (χ0v) is 12.0. The Hall–Kier alpha value is -2.01. The van der Waals surface area contributed by atoms with E-state index in [0.717, 1.165) is 18.4 Å². The summed E-state index contributed by atoms with van der Waals surface area (Å²) in [4.78, 5) is 19.5. The van der Waals surface area contributed by atoms with Crippen LogP contribution in [0, 0.1) is 0 Å². The van der Waals surface area contributed by atoms with Gasteiger partial charge in [-0.25, -0.2) is 9.97 Å². The second-order valence-electron chi connectivity index (χ2n) is 4.39. The fourth-order valence-corrected chi connectivity index (χ4v) is 1.61. The van der Waals surface area contributed by atoms with Gasteiger partial charge >= 0.3 is 0 Å². The summed E-state index contributed by atoms with van der Waals surface area (Å²) in [6.07, 6.45) is 8.81. The third-order valence-corrected chi connectivity index (χ3v) is 2.81. The Balaban J connectivity index is 2.34. The first-order chi connectivity index (χ1) is 9.67. The summed E-state index contributed by atoms with van der Waals surface area (Å²) in [5, 5.41) is 2.78. The highest BCUT2D eigenvalue weighted by atomic mass is 16.5. The molecule has 108 valence electrons. The molecule has 20 heavy (non-hydrogen) atoms. The maximum absolute atomic E-state index is 11.7. The molecule has 1 amide bonds. The van der Waals surface area contributed by atoms with E-state index in [4.69, 9.17) is 4.74 Å². The lowest BCUT2D eigenvalue weighted by Crippen LogP contribution is -2.26. The van der Waals surface area contributed by atoms with Crippen molar-refractivity contribution in [2.75, 3.05) is 13.7 Å². The summed E-state index contributed by atoms with van der Waals surface area (Å²) in [6.45, 7) is 6.17. The van der Waals surface area contributed by atoms with Crippen LogP contribution in [0.5, 0.6) is 0 Å². The van der Waals surface area contributed by atoms with Crippen molar-refractivity contribution in [3.8, 4) is 0 Å². The third-order valence-electron chi connectivity index (χ3n) is 2.81. The van der Waals surface area contributed by atoms with Crippen molar-refractivity contribution in [3.05, 3.63) is 48.6 Å². The van der Waals surface area contributed by atoms with Gasteiger partial charge in [0.15, 0.2) is 0 Å². The smallest absolute Gasteiger partial charge is 0.289 e. The zero-order valence-electron chi connectivity index (χ0n) is 12.0. The molecular formula is C15H21N3O2. The first kappa shape index (κ1) is 16.0. The Morgan fingerprint density at radius 2 is 2.20 bits per heavy atom. The van der Waals surface area contributed by atoms with Crippen LogP contribution in [0.4, 0.5) is 0 Å².